The van der Waals surface area contributed by atoms with Crippen LogP contribution in [0.3, 0.4) is 0 Å². The van der Waals surface area contributed by atoms with Gasteiger partial charge >= 0.3 is 0 Å². The predicted octanol–water partition coefficient (Wildman–Crippen LogP) is 4.52. The van der Waals surface area contributed by atoms with E-state index in [0.29, 0.717) is 11.8 Å². The van der Waals surface area contributed by atoms with Crippen LogP contribution in [0, 0.1) is 11.8 Å². The van der Waals surface area contributed by atoms with Gasteiger partial charge in [-0.05, 0) is 41.5 Å². The van der Waals surface area contributed by atoms with E-state index >= 15 is 0 Å². The second-order valence-corrected chi connectivity index (χ2v) is 8.25. The maximum Gasteiger partial charge on any atom is 0.224 e. The van der Waals surface area contributed by atoms with Crippen LogP contribution < -0.4 is 10.1 Å². The number of amides is 1. The van der Waals surface area contributed by atoms with E-state index in [-0.39, 0.29) is 24.5 Å². The highest BCUT2D eigenvalue weighted by Crippen LogP contribution is 2.49. The van der Waals surface area contributed by atoms with Crippen LogP contribution in [-0.4, -0.2) is 24.2 Å². The van der Waals surface area contributed by atoms with E-state index < -0.39 is 0 Å². The van der Waals surface area contributed by atoms with Crippen LogP contribution in [0.1, 0.15) is 55.5 Å². The van der Waals surface area contributed by atoms with Crippen molar-refractivity contribution in [2.45, 2.75) is 45.1 Å². The summed E-state index contributed by atoms with van der Waals surface area (Å²) in [5.41, 5.74) is 0.897. The van der Waals surface area contributed by atoms with Gasteiger partial charge in [0.2, 0.25) is 5.91 Å². The quantitative estimate of drug-likeness (QED) is 0.630. The molecule has 2 N–H and O–H groups in total. The van der Waals surface area contributed by atoms with E-state index in [0.717, 1.165) is 37.2 Å². The monoisotopic (exact) mass is 387 g/mol. The topological polar surface area (TPSA) is 58.6 Å². The van der Waals surface area contributed by atoms with Crippen molar-refractivity contribution in [2.24, 2.45) is 11.8 Å². The SMILES string of the molecule is CCC(CC)COc1ccc(C(CO)NC(=O)C2CC2c2cccs2)cc1. The van der Waals surface area contributed by atoms with Gasteiger partial charge in [0, 0.05) is 16.7 Å². The van der Waals surface area contributed by atoms with Crippen LogP contribution in [0.5, 0.6) is 5.75 Å². The van der Waals surface area contributed by atoms with Crippen molar-refractivity contribution in [2.75, 3.05) is 13.2 Å². The van der Waals surface area contributed by atoms with E-state index in [1.165, 1.54) is 4.88 Å². The van der Waals surface area contributed by atoms with Gasteiger partial charge in [0.05, 0.1) is 19.3 Å². The van der Waals surface area contributed by atoms with Gasteiger partial charge in [-0.3, -0.25) is 4.79 Å². The molecule has 3 rings (SSSR count). The zero-order chi connectivity index (χ0) is 19.2. The summed E-state index contributed by atoms with van der Waals surface area (Å²) in [6.45, 7) is 4.96. The summed E-state index contributed by atoms with van der Waals surface area (Å²) in [4.78, 5) is 13.8. The molecule has 3 unspecified atom stereocenters. The number of carbonyl (C=O) groups excluding carboxylic acids is 1. The minimum absolute atomic E-state index is 0.0281. The number of ether oxygens (including phenoxy) is 1. The van der Waals surface area contributed by atoms with E-state index in [2.05, 4.69) is 25.2 Å². The van der Waals surface area contributed by atoms with Crippen molar-refractivity contribution in [1.29, 1.82) is 0 Å². The molecular formula is C22H29NO3S. The highest BCUT2D eigenvalue weighted by molar-refractivity contribution is 7.10. The van der Waals surface area contributed by atoms with Gasteiger partial charge in [0.1, 0.15) is 5.75 Å². The molecule has 1 saturated carbocycles. The van der Waals surface area contributed by atoms with Gasteiger partial charge in [-0.15, -0.1) is 11.3 Å². The van der Waals surface area contributed by atoms with Crippen molar-refractivity contribution in [1.82, 2.24) is 5.32 Å². The Balaban J connectivity index is 1.53. The first-order valence-corrected chi connectivity index (χ1v) is 10.7. The highest BCUT2D eigenvalue weighted by Gasteiger charge is 2.45. The molecule has 5 heteroatoms. The number of hydrogen-bond donors (Lipinski definition) is 2. The Kier molecular flexibility index (Phi) is 6.91. The van der Waals surface area contributed by atoms with Crippen LogP contribution in [0.25, 0.3) is 0 Å². The van der Waals surface area contributed by atoms with Crippen LogP contribution in [0.15, 0.2) is 41.8 Å². The summed E-state index contributed by atoms with van der Waals surface area (Å²) in [6.07, 6.45) is 3.12. The van der Waals surface area contributed by atoms with Crippen LogP contribution >= 0.6 is 11.3 Å². The number of hydrogen-bond acceptors (Lipinski definition) is 4. The number of carbonyl (C=O) groups is 1. The number of benzene rings is 1. The van der Waals surface area contributed by atoms with Crippen LogP contribution in [-0.2, 0) is 4.79 Å². The average Bonchev–Trinajstić information content (AvgIpc) is 3.32. The van der Waals surface area contributed by atoms with Crippen molar-refractivity contribution in [3.8, 4) is 5.75 Å². The Bertz CT molecular complexity index is 710. The Morgan fingerprint density at radius 1 is 1.26 bits per heavy atom. The fourth-order valence-corrected chi connectivity index (χ4v) is 4.26. The molecule has 1 aromatic carbocycles. The van der Waals surface area contributed by atoms with E-state index in [1.54, 1.807) is 11.3 Å². The van der Waals surface area contributed by atoms with Gasteiger partial charge < -0.3 is 15.2 Å². The van der Waals surface area contributed by atoms with Gasteiger partial charge in [-0.25, -0.2) is 0 Å². The molecule has 1 heterocycles. The van der Waals surface area contributed by atoms with Crippen molar-refractivity contribution in [3.05, 3.63) is 52.2 Å². The molecule has 1 amide bonds. The Labute approximate surface area is 165 Å². The van der Waals surface area contributed by atoms with Crippen molar-refractivity contribution >= 4 is 17.2 Å². The summed E-state index contributed by atoms with van der Waals surface area (Å²) >= 11 is 1.70. The first-order chi connectivity index (χ1) is 13.2. The zero-order valence-corrected chi connectivity index (χ0v) is 16.9. The van der Waals surface area contributed by atoms with Gasteiger partial charge in [0.25, 0.3) is 0 Å². The predicted molar refractivity (Wildman–Crippen MR) is 109 cm³/mol. The molecule has 4 nitrogen and oxygen atoms in total. The summed E-state index contributed by atoms with van der Waals surface area (Å²) < 4.78 is 5.85. The van der Waals surface area contributed by atoms with Gasteiger partial charge in [0.15, 0.2) is 0 Å². The molecule has 0 bridgehead atoms. The molecule has 1 fully saturated rings. The second-order valence-electron chi connectivity index (χ2n) is 7.27. The number of nitrogens with one attached hydrogen (secondary N) is 1. The lowest BCUT2D eigenvalue weighted by molar-refractivity contribution is -0.123. The molecule has 27 heavy (non-hydrogen) atoms. The van der Waals surface area contributed by atoms with Crippen LogP contribution in [0.4, 0.5) is 0 Å². The lowest BCUT2D eigenvalue weighted by Crippen LogP contribution is -2.32. The number of aliphatic hydroxyl groups is 1. The maximum absolute atomic E-state index is 12.5. The Morgan fingerprint density at radius 3 is 2.59 bits per heavy atom. The van der Waals surface area contributed by atoms with E-state index in [9.17, 15) is 9.90 Å². The Morgan fingerprint density at radius 2 is 2.00 bits per heavy atom. The van der Waals surface area contributed by atoms with Gasteiger partial charge in [-0.1, -0.05) is 44.9 Å². The number of thiophene rings is 1. The van der Waals surface area contributed by atoms with Crippen molar-refractivity contribution < 1.29 is 14.6 Å². The minimum atomic E-state index is -0.379. The number of rotatable bonds is 10. The highest BCUT2D eigenvalue weighted by atomic mass is 32.1. The van der Waals surface area contributed by atoms with Crippen LogP contribution in [0.2, 0.25) is 0 Å². The third-order valence-corrected chi connectivity index (χ3v) is 6.46. The summed E-state index contributed by atoms with van der Waals surface area (Å²) in [5.74, 6) is 1.80. The lowest BCUT2D eigenvalue weighted by Gasteiger charge is -2.18. The molecule has 0 radical (unpaired) electrons. The molecule has 3 atom stereocenters. The molecule has 1 aliphatic carbocycles. The fourth-order valence-electron chi connectivity index (χ4n) is 3.35. The third-order valence-electron chi connectivity index (χ3n) is 5.46. The standard InChI is InChI=1S/C22H29NO3S/c1-3-15(4-2)14-26-17-9-7-16(8-10-17)20(13-24)23-22(25)19-12-18(19)21-6-5-11-27-21/h5-11,15,18-20,24H,3-4,12-14H2,1-2H3,(H,23,25). The molecule has 1 aliphatic rings. The summed E-state index contributed by atoms with van der Waals surface area (Å²) in [6, 6.07) is 11.4. The fraction of sp³-hybridized carbons (Fsp3) is 0.500. The normalized spacial score (nSPS) is 19.7. The summed E-state index contributed by atoms with van der Waals surface area (Å²) in [5, 5.41) is 14.8. The zero-order valence-electron chi connectivity index (χ0n) is 16.1. The second kappa shape index (κ2) is 9.38. The molecular weight excluding hydrogens is 358 g/mol. The van der Waals surface area contributed by atoms with E-state index in [1.807, 2.05) is 35.7 Å². The molecule has 0 aliphatic heterocycles. The maximum atomic E-state index is 12.5. The lowest BCUT2D eigenvalue weighted by atomic mass is 10.1. The van der Waals surface area contributed by atoms with Crippen molar-refractivity contribution in [3.63, 3.8) is 0 Å². The first-order valence-electron chi connectivity index (χ1n) is 9.83. The molecule has 0 saturated heterocycles. The molecule has 1 aromatic heterocycles. The average molecular weight is 388 g/mol. The number of aliphatic hydroxyl groups excluding tert-OH is 1. The van der Waals surface area contributed by atoms with E-state index in [4.69, 9.17) is 4.74 Å². The molecule has 146 valence electrons. The minimum Gasteiger partial charge on any atom is -0.493 e. The molecule has 2 aromatic rings. The van der Waals surface area contributed by atoms with Gasteiger partial charge in [-0.2, -0.15) is 0 Å². The summed E-state index contributed by atoms with van der Waals surface area (Å²) in [7, 11) is 0. The smallest absolute Gasteiger partial charge is 0.224 e. The first kappa shape index (κ1) is 19.9. The molecule has 0 spiro atoms. The third kappa shape index (κ3) is 5.11. The largest absolute Gasteiger partial charge is 0.493 e. The Hall–Kier alpha value is -1.85.